The Labute approximate surface area is 96.8 Å². The molecule has 2 rings (SSSR count). The molecule has 1 fully saturated rings. The Balaban J connectivity index is 2.16. The lowest BCUT2D eigenvalue weighted by Crippen LogP contribution is -2.20. The van der Waals surface area contributed by atoms with E-state index < -0.39 is 0 Å². The van der Waals surface area contributed by atoms with E-state index in [0.29, 0.717) is 12.1 Å². The highest BCUT2D eigenvalue weighted by atomic mass is 16.5. The lowest BCUT2D eigenvalue weighted by Gasteiger charge is -2.16. The number of hydrogen-bond acceptors (Lipinski definition) is 3. The van der Waals surface area contributed by atoms with Crippen LogP contribution in [0.25, 0.3) is 0 Å². The van der Waals surface area contributed by atoms with Crippen molar-refractivity contribution in [1.82, 2.24) is 5.32 Å². The second-order valence-corrected chi connectivity index (χ2v) is 4.31. The minimum Gasteiger partial charge on any atom is -0.497 e. The van der Waals surface area contributed by atoms with Crippen LogP contribution in [0.3, 0.4) is 0 Å². The van der Waals surface area contributed by atoms with Crippen LogP contribution >= 0.6 is 0 Å². The quantitative estimate of drug-likeness (QED) is 0.828. The molecule has 1 saturated carbocycles. The molecule has 1 atom stereocenters. The van der Waals surface area contributed by atoms with Gasteiger partial charge in [-0.05, 0) is 37.5 Å². The first kappa shape index (κ1) is 11.3. The van der Waals surface area contributed by atoms with Crippen molar-refractivity contribution in [3.05, 3.63) is 23.8 Å². The first-order valence-electron chi connectivity index (χ1n) is 5.72. The molecule has 1 aromatic rings. The average molecular weight is 221 g/mol. The van der Waals surface area contributed by atoms with Crippen molar-refractivity contribution in [2.24, 2.45) is 0 Å². The number of hydrogen-bond donors (Lipinski definition) is 1. The molecule has 1 aliphatic rings. The average Bonchev–Trinajstić information content (AvgIpc) is 3.12. The summed E-state index contributed by atoms with van der Waals surface area (Å²) in [6, 6.07) is 7.06. The summed E-state index contributed by atoms with van der Waals surface area (Å²) in [6.07, 6.45) is 2.59. The summed E-state index contributed by atoms with van der Waals surface area (Å²) in [5.74, 6) is 1.69. The predicted octanol–water partition coefficient (Wildman–Crippen LogP) is 2.52. The van der Waals surface area contributed by atoms with Gasteiger partial charge in [-0.3, -0.25) is 0 Å². The van der Waals surface area contributed by atoms with Crippen LogP contribution in [0, 0.1) is 0 Å². The summed E-state index contributed by atoms with van der Waals surface area (Å²) in [5.41, 5.74) is 1.21. The molecule has 1 aliphatic carbocycles. The van der Waals surface area contributed by atoms with Crippen LogP contribution in [-0.2, 0) is 0 Å². The summed E-state index contributed by atoms with van der Waals surface area (Å²) < 4.78 is 10.5. The number of benzene rings is 1. The molecule has 0 aliphatic heterocycles. The first-order valence-corrected chi connectivity index (χ1v) is 5.72. The summed E-state index contributed by atoms with van der Waals surface area (Å²) in [6.45, 7) is 2.17. The van der Waals surface area contributed by atoms with E-state index in [1.807, 2.05) is 6.07 Å². The van der Waals surface area contributed by atoms with E-state index in [-0.39, 0.29) is 0 Å². The van der Waals surface area contributed by atoms with Gasteiger partial charge >= 0.3 is 0 Å². The topological polar surface area (TPSA) is 30.5 Å². The van der Waals surface area contributed by atoms with E-state index in [4.69, 9.17) is 9.47 Å². The molecule has 3 heteroatoms. The van der Waals surface area contributed by atoms with Crippen LogP contribution in [0.2, 0.25) is 0 Å². The van der Waals surface area contributed by atoms with Gasteiger partial charge < -0.3 is 14.8 Å². The SMILES string of the molecule is COc1cc(OC)cc(C(C)NC2CC2)c1. The van der Waals surface area contributed by atoms with Crippen molar-refractivity contribution in [1.29, 1.82) is 0 Å². The van der Waals surface area contributed by atoms with E-state index in [1.165, 1.54) is 18.4 Å². The van der Waals surface area contributed by atoms with E-state index in [1.54, 1.807) is 14.2 Å². The number of nitrogens with one attached hydrogen (secondary N) is 1. The molecule has 0 aromatic heterocycles. The number of rotatable bonds is 5. The normalized spacial score (nSPS) is 16.9. The van der Waals surface area contributed by atoms with Crippen molar-refractivity contribution < 1.29 is 9.47 Å². The molecular formula is C13H19NO2. The van der Waals surface area contributed by atoms with E-state index in [9.17, 15) is 0 Å². The van der Waals surface area contributed by atoms with Gasteiger partial charge in [-0.2, -0.15) is 0 Å². The van der Waals surface area contributed by atoms with E-state index in [0.717, 1.165) is 11.5 Å². The van der Waals surface area contributed by atoms with Crippen LogP contribution in [0.15, 0.2) is 18.2 Å². The lowest BCUT2D eigenvalue weighted by atomic mass is 10.1. The number of methoxy groups -OCH3 is 2. The Morgan fingerprint density at radius 2 is 1.69 bits per heavy atom. The highest BCUT2D eigenvalue weighted by Crippen LogP contribution is 2.29. The smallest absolute Gasteiger partial charge is 0.122 e. The lowest BCUT2D eigenvalue weighted by molar-refractivity contribution is 0.392. The van der Waals surface area contributed by atoms with E-state index >= 15 is 0 Å². The Morgan fingerprint density at radius 3 is 2.12 bits per heavy atom. The van der Waals surface area contributed by atoms with Crippen molar-refractivity contribution in [3.8, 4) is 11.5 Å². The first-order chi connectivity index (χ1) is 7.72. The highest BCUT2D eigenvalue weighted by Gasteiger charge is 2.23. The standard InChI is InChI=1S/C13H19NO2/c1-9(14-11-4-5-11)10-6-12(15-2)8-13(7-10)16-3/h6-9,11,14H,4-5H2,1-3H3. The van der Waals surface area contributed by atoms with Gasteiger partial charge in [-0.25, -0.2) is 0 Å². The van der Waals surface area contributed by atoms with Gasteiger partial charge in [-0.1, -0.05) is 0 Å². The molecule has 0 amide bonds. The molecule has 0 spiro atoms. The Hall–Kier alpha value is -1.22. The monoisotopic (exact) mass is 221 g/mol. The third kappa shape index (κ3) is 2.67. The summed E-state index contributed by atoms with van der Waals surface area (Å²) in [7, 11) is 3.36. The molecule has 3 nitrogen and oxygen atoms in total. The molecule has 1 aromatic carbocycles. The van der Waals surface area contributed by atoms with Gasteiger partial charge in [0, 0.05) is 18.2 Å². The third-order valence-corrected chi connectivity index (χ3v) is 2.94. The summed E-state index contributed by atoms with van der Waals surface area (Å²) >= 11 is 0. The predicted molar refractivity (Wildman–Crippen MR) is 64.1 cm³/mol. The van der Waals surface area contributed by atoms with Gasteiger partial charge in [0.2, 0.25) is 0 Å². The molecule has 0 bridgehead atoms. The molecule has 1 unspecified atom stereocenters. The minimum atomic E-state index is 0.344. The van der Waals surface area contributed by atoms with Crippen LogP contribution < -0.4 is 14.8 Å². The second-order valence-electron chi connectivity index (χ2n) is 4.31. The molecule has 0 saturated heterocycles. The molecule has 0 radical (unpaired) electrons. The second kappa shape index (κ2) is 4.74. The van der Waals surface area contributed by atoms with Crippen LogP contribution in [0.1, 0.15) is 31.4 Å². The fourth-order valence-electron chi connectivity index (χ4n) is 1.78. The largest absolute Gasteiger partial charge is 0.497 e. The fourth-order valence-corrected chi connectivity index (χ4v) is 1.78. The Bertz CT molecular complexity index is 339. The van der Waals surface area contributed by atoms with Crippen molar-refractivity contribution in [3.63, 3.8) is 0 Å². The van der Waals surface area contributed by atoms with Gasteiger partial charge in [0.25, 0.3) is 0 Å². The molecular weight excluding hydrogens is 202 g/mol. The maximum atomic E-state index is 5.26. The maximum absolute atomic E-state index is 5.26. The van der Waals surface area contributed by atoms with Crippen LogP contribution in [0.5, 0.6) is 11.5 Å². The van der Waals surface area contributed by atoms with Crippen molar-refractivity contribution >= 4 is 0 Å². The zero-order valence-corrected chi connectivity index (χ0v) is 10.1. The Kier molecular flexibility index (Phi) is 3.34. The van der Waals surface area contributed by atoms with Gasteiger partial charge in [-0.15, -0.1) is 0 Å². The van der Waals surface area contributed by atoms with Gasteiger partial charge in [0.1, 0.15) is 11.5 Å². The van der Waals surface area contributed by atoms with Gasteiger partial charge in [0.05, 0.1) is 14.2 Å². The zero-order valence-electron chi connectivity index (χ0n) is 10.1. The van der Waals surface area contributed by atoms with E-state index in [2.05, 4.69) is 24.4 Å². The van der Waals surface area contributed by atoms with Crippen molar-refractivity contribution in [2.75, 3.05) is 14.2 Å². The summed E-state index contributed by atoms with van der Waals surface area (Å²) in [4.78, 5) is 0. The fraction of sp³-hybridized carbons (Fsp3) is 0.538. The van der Waals surface area contributed by atoms with Crippen LogP contribution in [-0.4, -0.2) is 20.3 Å². The number of ether oxygens (including phenoxy) is 2. The maximum Gasteiger partial charge on any atom is 0.122 e. The molecule has 88 valence electrons. The third-order valence-electron chi connectivity index (χ3n) is 2.94. The molecule has 16 heavy (non-hydrogen) atoms. The zero-order chi connectivity index (χ0) is 11.5. The highest BCUT2D eigenvalue weighted by molar-refractivity contribution is 5.39. The Morgan fingerprint density at radius 1 is 1.12 bits per heavy atom. The molecule has 1 N–H and O–H groups in total. The van der Waals surface area contributed by atoms with Crippen molar-refractivity contribution in [2.45, 2.75) is 31.8 Å². The minimum absolute atomic E-state index is 0.344. The molecule has 0 heterocycles. The van der Waals surface area contributed by atoms with Gasteiger partial charge in [0.15, 0.2) is 0 Å². The summed E-state index contributed by atoms with van der Waals surface area (Å²) in [5, 5.41) is 3.56. The van der Waals surface area contributed by atoms with Crippen LogP contribution in [0.4, 0.5) is 0 Å².